The predicted molar refractivity (Wildman–Crippen MR) is 11.0 cm³/mol. The standard InChI is InChI=1S/Cu.Fe.NO3.O/c;;2-1(3)4;/q2*+2;-1;-2. The minimum Gasteiger partial charge on any atom is -2.00 e. The summed E-state index contributed by atoms with van der Waals surface area (Å²) >= 11 is 0. The van der Waals surface area contributed by atoms with Gasteiger partial charge in [0.2, 0.25) is 0 Å². The molecule has 0 N–H and O–H groups in total. The van der Waals surface area contributed by atoms with Gasteiger partial charge in [-0.15, -0.1) is 0 Å². The van der Waals surface area contributed by atoms with Gasteiger partial charge in [-0.05, 0) is 0 Å². The molecule has 0 aromatic rings. The van der Waals surface area contributed by atoms with Gasteiger partial charge in [-0.25, -0.2) is 0 Å². The van der Waals surface area contributed by atoms with Gasteiger partial charge in [0.15, 0.2) is 0 Å². The topological polar surface area (TPSA) is 94.7 Å². The van der Waals surface area contributed by atoms with Crippen molar-refractivity contribution in [1.29, 1.82) is 0 Å². The van der Waals surface area contributed by atoms with Crippen molar-refractivity contribution in [3.8, 4) is 0 Å². The summed E-state index contributed by atoms with van der Waals surface area (Å²) < 4.78 is 0. The Bertz CT molecular complexity index is 34.7. The molecule has 7 heteroatoms. The van der Waals surface area contributed by atoms with Crippen LogP contribution in [0.5, 0.6) is 0 Å². The molecule has 0 saturated carbocycles. The zero-order chi connectivity index (χ0) is 3.58. The van der Waals surface area contributed by atoms with Crippen LogP contribution in [0.25, 0.3) is 0 Å². The molecule has 0 spiro atoms. The molecule has 0 saturated heterocycles. The Labute approximate surface area is 60.4 Å². The molecule has 47 valence electrons. The van der Waals surface area contributed by atoms with Crippen molar-refractivity contribution in [2.24, 2.45) is 0 Å². The fourth-order valence-corrected chi connectivity index (χ4v) is 0. The minimum absolute atomic E-state index is 0. The molecule has 5 nitrogen and oxygen atoms in total. The Morgan fingerprint density at radius 1 is 1.29 bits per heavy atom. The van der Waals surface area contributed by atoms with E-state index in [1.165, 1.54) is 0 Å². The maximum Gasteiger partial charge on any atom is 2.00 e. The minimum atomic E-state index is -1.75. The maximum atomic E-state index is 8.25. The summed E-state index contributed by atoms with van der Waals surface area (Å²) in [4.78, 5) is 8.25. The molecule has 0 aliphatic rings. The first-order valence-corrected chi connectivity index (χ1v) is 0.548. The van der Waals surface area contributed by atoms with Crippen LogP contribution in [0.4, 0.5) is 0 Å². The van der Waals surface area contributed by atoms with Crippen LogP contribution in [0.15, 0.2) is 0 Å². The molecule has 0 atom stereocenters. The summed E-state index contributed by atoms with van der Waals surface area (Å²) in [5.41, 5.74) is 0. The Balaban J connectivity index is -0.0000000150. The van der Waals surface area contributed by atoms with Gasteiger partial charge in [0.1, 0.15) is 0 Å². The number of nitrogens with zero attached hydrogens (tertiary/aromatic N) is 1. The summed E-state index contributed by atoms with van der Waals surface area (Å²) in [6, 6.07) is 0. The van der Waals surface area contributed by atoms with Crippen LogP contribution in [-0.2, 0) is 39.6 Å². The Morgan fingerprint density at radius 3 is 1.29 bits per heavy atom. The van der Waals surface area contributed by atoms with E-state index in [0.29, 0.717) is 0 Å². The Kier molecular flexibility index (Phi) is 63.2. The molecular weight excluding hydrogens is 197 g/mol. The number of hydrogen-bond donors (Lipinski definition) is 0. The van der Waals surface area contributed by atoms with E-state index in [4.69, 9.17) is 15.3 Å². The number of hydrogen-bond acceptors (Lipinski definition) is 3. The molecule has 0 heterocycles. The van der Waals surface area contributed by atoms with E-state index in [-0.39, 0.29) is 39.6 Å². The fraction of sp³-hybridized carbons (Fsp3) is 0. The monoisotopic (exact) mass is 197 g/mol. The normalized spacial score (nSPS) is 3.43. The Morgan fingerprint density at radius 2 is 1.29 bits per heavy atom. The third-order valence-corrected chi connectivity index (χ3v) is 0. The predicted octanol–water partition coefficient (Wildman–Crippen LogP) is -0.363. The third-order valence-electron chi connectivity index (χ3n) is 0. The van der Waals surface area contributed by atoms with Gasteiger partial charge in [0, 0.05) is 0 Å². The van der Waals surface area contributed by atoms with Gasteiger partial charge in [0.05, 0.1) is 5.09 Å². The van der Waals surface area contributed by atoms with Crippen molar-refractivity contribution in [2.45, 2.75) is 0 Å². The smallest absolute Gasteiger partial charge is 2.00 e. The summed E-state index contributed by atoms with van der Waals surface area (Å²) in [5.74, 6) is 0. The van der Waals surface area contributed by atoms with E-state index in [1.807, 2.05) is 0 Å². The third kappa shape index (κ3) is 2760. The first kappa shape index (κ1) is 27.0. The molecule has 0 fully saturated rings. The molecule has 0 aromatic heterocycles. The number of rotatable bonds is 0. The van der Waals surface area contributed by atoms with E-state index in [0.717, 1.165) is 0 Å². The molecule has 0 aliphatic carbocycles. The molecule has 0 amide bonds. The van der Waals surface area contributed by atoms with Crippen molar-refractivity contribution in [1.82, 2.24) is 0 Å². The molecule has 0 unspecified atom stereocenters. The van der Waals surface area contributed by atoms with E-state index < -0.39 is 5.09 Å². The van der Waals surface area contributed by atoms with E-state index in [1.54, 1.807) is 0 Å². The van der Waals surface area contributed by atoms with Crippen LogP contribution >= 0.6 is 0 Å². The summed E-state index contributed by atoms with van der Waals surface area (Å²) in [5, 5.41) is 14.8. The van der Waals surface area contributed by atoms with Gasteiger partial charge >= 0.3 is 34.1 Å². The average molecular weight is 197 g/mol. The zero-order valence-electron chi connectivity index (χ0n) is 2.74. The fourth-order valence-electron chi connectivity index (χ4n) is 0. The largest absolute Gasteiger partial charge is 2.00 e. The molecule has 0 aliphatic heterocycles. The molecule has 7 heavy (non-hydrogen) atoms. The zero-order valence-corrected chi connectivity index (χ0v) is 4.78. The second-order valence-electron chi connectivity index (χ2n) is 0.224. The van der Waals surface area contributed by atoms with E-state index >= 15 is 0 Å². The van der Waals surface area contributed by atoms with E-state index in [9.17, 15) is 0 Å². The van der Waals surface area contributed by atoms with Crippen LogP contribution in [0.3, 0.4) is 0 Å². The van der Waals surface area contributed by atoms with Crippen molar-refractivity contribution in [3.05, 3.63) is 15.3 Å². The maximum absolute atomic E-state index is 8.25. The molecule has 0 bridgehead atoms. The van der Waals surface area contributed by atoms with Crippen LogP contribution in [0, 0.1) is 15.3 Å². The average Bonchev–Trinajstić information content (AvgIpc) is 0.811. The molecule has 0 rings (SSSR count). The van der Waals surface area contributed by atoms with Crippen molar-refractivity contribution in [2.75, 3.05) is 0 Å². The molecule has 0 aromatic carbocycles. The van der Waals surface area contributed by atoms with Crippen molar-refractivity contribution < 1.29 is 44.7 Å². The van der Waals surface area contributed by atoms with Gasteiger partial charge in [-0.3, -0.25) is 0 Å². The SMILES string of the molecule is O=[N+]([O-])[O-].[Cu+2].[Fe+2].[O-2]. The molecular formula is CuFeNO4+. The van der Waals surface area contributed by atoms with Gasteiger partial charge in [-0.1, -0.05) is 0 Å². The van der Waals surface area contributed by atoms with Gasteiger partial charge < -0.3 is 20.8 Å². The quantitative estimate of drug-likeness (QED) is 0.301. The van der Waals surface area contributed by atoms with Crippen LogP contribution in [0.2, 0.25) is 0 Å². The molecule has 1 radical (unpaired) electrons. The van der Waals surface area contributed by atoms with E-state index in [2.05, 4.69) is 0 Å². The van der Waals surface area contributed by atoms with Crippen LogP contribution < -0.4 is 0 Å². The second kappa shape index (κ2) is 16.4. The summed E-state index contributed by atoms with van der Waals surface area (Å²) in [7, 11) is 0. The van der Waals surface area contributed by atoms with Crippen molar-refractivity contribution >= 4 is 0 Å². The first-order valence-electron chi connectivity index (χ1n) is 0.548. The summed E-state index contributed by atoms with van der Waals surface area (Å²) in [6.45, 7) is 0. The summed E-state index contributed by atoms with van der Waals surface area (Å²) in [6.07, 6.45) is 0. The van der Waals surface area contributed by atoms with Gasteiger partial charge in [0.25, 0.3) is 0 Å². The van der Waals surface area contributed by atoms with Gasteiger partial charge in [-0.2, -0.15) is 0 Å². The first-order chi connectivity index (χ1) is 1.73. The Hall–Kier alpha value is 0.199. The van der Waals surface area contributed by atoms with Crippen LogP contribution in [-0.4, -0.2) is 5.09 Å². The van der Waals surface area contributed by atoms with Crippen molar-refractivity contribution in [3.63, 3.8) is 0 Å². The second-order valence-corrected chi connectivity index (χ2v) is 0.224. The van der Waals surface area contributed by atoms with Crippen LogP contribution in [0.1, 0.15) is 0 Å².